The van der Waals surface area contributed by atoms with E-state index in [2.05, 4.69) is 43.4 Å². The summed E-state index contributed by atoms with van der Waals surface area (Å²) in [7, 11) is 0. The molecule has 0 radical (unpaired) electrons. The van der Waals surface area contributed by atoms with Crippen molar-refractivity contribution in [3.05, 3.63) is 0 Å². The lowest BCUT2D eigenvalue weighted by Gasteiger charge is -2.63. The minimum Gasteiger partial charge on any atom is -0.393 e. The maximum absolute atomic E-state index is 11.4. The summed E-state index contributed by atoms with van der Waals surface area (Å²) in [5.41, 5.74) is 0.141. The normalized spacial score (nSPS) is 57.8. The molecule has 0 heterocycles. The quantitative estimate of drug-likeness (QED) is 0.417. The van der Waals surface area contributed by atoms with Crippen molar-refractivity contribution in [3.8, 4) is 0 Å². The maximum atomic E-state index is 11.4. The van der Waals surface area contributed by atoms with E-state index in [-0.39, 0.29) is 29.1 Å². The summed E-state index contributed by atoms with van der Waals surface area (Å²) >= 11 is 2.50. The Morgan fingerprint density at radius 3 is 2.42 bits per heavy atom. The number of fused-ring (bicyclic) bond motifs is 5. The van der Waals surface area contributed by atoms with E-state index in [4.69, 9.17) is 0 Å². The molecule has 4 aliphatic carbocycles. The van der Waals surface area contributed by atoms with Crippen LogP contribution in [0.1, 0.15) is 65.7 Å². The molecule has 3 nitrogen and oxygen atoms in total. The van der Waals surface area contributed by atoms with E-state index in [1.807, 2.05) is 0 Å². The highest BCUT2D eigenvalue weighted by Gasteiger charge is 2.65. The molecule has 4 fully saturated rings. The van der Waals surface area contributed by atoms with Gasteiger partial charge in [0.2, 0.25) is 0 Å². The van der Waals surface area contributed by atoms with Gasteiger partial charge >= 0.3 is 0 Å². The molecule has 0 aliphatic heterocycles. The molecule has 150 valence electrons. The number of hydrogen-bond acceptors (Lipinski definition) is 3. The first-order valence-electron chi connectivity index (χ1n) is 10.8. The summed E-state index contributed by atoms with van der Waals surface area (Å²) in [5, 5.41) is 32.8. The molecule has 4 rings (SSSR count). The zero-order valence-corrected chi connectivity index (χ0v) is 18.7. The third-order valence-electron chi connectivity index (χ3n) is 9.76. The maximum Gasteiger partial charge on any atom is 0.0602 e. The molecule has 0 amide bonds. The highest BCUT2D eigenvalue weighted by molar-refractivity contribution is 14.1. The number of halogens is 1. The van der Waals surface area contributed by atoms with E-state index in [0.717, 1.165) is 36.5 Å². The minimum absolute atomic E-state index is 0.0376. The van der Waals surface area contributed by atoms with Crippen molar-refractivity contribution in [1.82, 2.24) is 0 Å². The second-order valence-electron chi connectivity index (χ2n) is 10.7. The van der Waals surface area contributed by atoms with Gasteiger partial charge in [-0.05, 0) is 91.3 Å². The van der Waals surface area contributed by atoms with Crippen LogP contribution >= 0.6 is 22.6 Å². The second-order valence-corrected chi connectivity index (χ2v) is 11.5. The molecule has 0 bridgehead atoms. The third-order valence-corrected chi connectivity index (χ3v) is 11.2. The van der Waals surface area contributed by atoms with E-state index in [0.29, 0.717) is 35.5 Å². The summed E-state index contributed by atoms with van der Waals surface area (Å²) in [4.78, 5) is 0. The number of aliphatic hydroxyl groups is 3. The first kappa shape index (κ1) is 19.9. The van der Waals surface area contributed by atoms with Gasteiger partial charge in [-0.1, -0.05) is 43.4 Å². The van der Waals surface area contributed by atoms with E-state index < -0.39 is 0 Å². The molecule has 0 saturated heterocycles. The first-order valence-corrected chi connectivity index (χ1v) is 12.4. The number of alkyl halides is 1. The molecule has 4 saturated carbocycles. The Hall–Kier alpha value is 0.610. The van der Waals surface area contributed by atoms with Crippen molar-refractivity contribution in [2.75, 3.05) is 4.43 Å². The lowest BCUT2D eigenvalue weighted by Crippen LogP contribution is -2.62. The molecule has 4 heteroatoms. The van der Waals surface area contributed by atoms with Gasteiger partial charge in [-0.25, -0.2) is 0 Å². The number of hydrogen-bond donors (Lipinski definition) is 3. The van der Waals surface area contributed by atoms with Gasteiger partial charge in [-0.15, -0.1) is 0 Å². The van der Waals surface area contributed by atoms with Gasteiger partial charge in [0.05, 0.1) is 18.3 Å². The highest BCUT2D eigenvalue weighted by atomic mass is 127. The molecule has 0 aromatic carbocycles. The summed E-state index contributed by atoms with van der Waals surface area (Å²) in [6, 6.07) is 0. The SMILES string of the molecule is C[C@H](CI)[C@H]1CC[C@H]2[C@@H]3[C@H](O)C[C@@H]4C[C@H](O)CC[C@]4(C)[C@H]3C[C@H](O)[C@]12C. The van der Waals surface area contributed by atoms with Gasteiger partial charge in [0, 0.05) is 4.43 Å². The standard InChI is InChI=1S/C22H37IO3/c1-12(11-23)15-4-5-16-20-17(10-19(26)22(15,16)3)21(2)7-6-14(24)8-13(21)9-18(20)25/h12-20,24-26H,4-11H2,1-3H3/t12-,13+,14-,15-,16+,17+,18-,19+,20+,21+,22-/m1/s1. The Bertz CT molecular complexity index is 541. The Labute approximate surface area is 172 Å². The minimum atomic E-state index is -0.256. The van der Waals surface area contributed by atoms with E-state index in [1.54, 1.807) is 0 Å². The molecule has 0 unspecified atom stereocenters. The average Bonchev–Trinajstić information content (AvgIpc) is 2.95. The average molecular weight is 476 g/mol. The smallest absolute Gasteiger partial charge is 0.0602 e. The van der Waals surface area contributed by atoms with Gasteiger partial charge < -0.3 is 15.3 Å². The van der Waals surface area contributed by atoms with Crippen LogP contribution in [0, 0.1) is 46.3 Å². The van der Waals surface area contributed by atoms with Gasteiger partial charge in [-0.3, -0.25) is 0 Å². The van der Waals surface area contributed by atoms with Crippen LogP contribution in [0.3, 0.4) is 0 Å². The number of aliphatic hydroxyl groups excluding tert-OH is 3. The van der Waals surface area contributed by atoms with Crippen LogP contribution in [-0.2, 0) is 0 Å². The van der Waals surface area contributed by atoms with Crippen LogP contribution in [0.15, 0.2) is 0 Å². The van der Waals surface area contributed by atoms with Crippen LogP contribution < -0.4 is 0 Å². The lowest BCUT2D eigenvalue weighted by atomic mass is 9.43. The summed E-state index contributed by atoms with van der Waals surface area (Å²) in [5.74, 6) is 2.81. The van der Waals surface area contributed by atoms with Gasteiger partial charge in [0.1, 0.15) is 0 Å². The summed E-state index contributed by atoms with van der Waals surface area (Å²) < 4.78 is 1.14. The second kappa shape index (κ2) is 6.84. The molecule has 3 N–H and O–H groups in total. The zero-order chi connectivity index (χ0) is 18.9. The lowest BCUT2D eigenvalue weighted by molar-refractivity contribution is -0.206. The first-order chi connectivity index (χ1) is 12.2. The molecule has 4 aliphatic rings. The van der Waals surface area contributed by atoms with E-state index >= 15 is 0 Å². The highest BCUT2D eigenvalue weighted by Crippen LogP contribution is 2.68. The van der Waals surface area contributed by atoms with Crippen molar-refractivity contribution in [2.24, 2.45) is 46.3 Å². The van der Waals surface area contributed by atoms with Crippen molar-refractivity contribution in [2.45, 2.75) is 84.0 Å². The molecular formula is C22H37IO3. The van der Waals surface area contributed by atoms with Crippen LogP contribution in [0.5, 0.6) is 0 Å². The molecule has 26 heavy (non-hydrogen) atoms. The molecule has 11 atom stereocenters. The fourth-order valence-electron chi connectivity index (χ4n) is 8.24. The molecule has 0 aromatic heterocycles. The topological polar surface area (TPSA) is 60.7 Å². The van der Waals surface area contributed by atoms with Crippen molar-refractivity contribution in [1.29, 1.82) is 0 Å². The zero-order valence-electron chi connectivity index (χ0n) is 16.6. The van der Waals surface area contributed by atoms with Gasteiger partial charge in [-0.2, -0.15) is 0 Å². The summed E-state index contributed by atoms with van der Waals surface area (Å²) in [6.07, 6.45) is 6.15. The third kappa shape index (κ3) is 2.68. The van der Waals surface area contributed by atoms with Crippen LogP contribution in [0.25, 0.3) is 0 Å². The van der Waals surface area contributed by atoms with E-state index in [1.165, 1.54) is 12.8 Å². The monoisotopic (exact) mass is 476 g/mol. The fraction of sp³-hybridized carbons (Fsp3) is 1.00. The van der Waals surface area contributed by atoms with Crippen LogP contribution in [0.2, 0.25) is 0 Å². The molecule has 0 aromatic rings. The number of rotatable bonds is 2. The predicted octanol–water partition coefficient (Wildman–Crippen LogP) is 4.02. The fourth-order valence-corrected chi connectivity index (χ4v) is 8.85. The van der Waals surface area contributed by atoms with Crippen molar-refractivity contribution < 1.29 is 15.3 Å². The van der Waals surface area contributed by atoms with Crippen molar-refractivity contribution in [3.63, 3.8) is 0 Å². The Morgan fingerprint density at radius 2 is 1.73 bits per heavy atom. The largest absolute Gasteiger partial charge is 0.393 e. The Balaban J connectivity index is 1.68. The predicted molar refractivity (Wildman–Crippen MR) is 112 cm³/mol. The Kier molecular flexibility index (Phi) is 5.24. The summed E-state index contributed by atoms with van der Waals surface area (Å²) in [6.45, 7) is 7.09. The van der Waals surface area contributed by atoms with Crippen molar-refractivity contribution >= 4 is 22.6 Å². The van der Waals surface area contributed by atoms with E-state index in [9.17, 15) is 15.3 Å². The Morgan fingerprint density at radius 1 is 1.00 bits per heavy atom. The molecular weight excluding hydrogens is 439 g/mol. The van der Waals surface area contributed by atoms with Crippen LogP contribution in [0.4, 0.5) is 0 Å². The molecule has 0 spiro atoms. The van der Waals surface area contributed by atoms with Gasteiger partial charge in [0.25, 0.3) is 0 Å². The van der Waals surface area contributed by atoms with Gasteiger partial charge in [0.15, 0.2) is 0 Å². The van der Waals surface area contributed by atoms with Crippen LogP contribution in [-0.4, -0.2) is 38.1 Å².